The number of fused-ring (bicyclic) bond motifs is 2. The van der Waals surface area contributed by atoms with E-state index in [1.807, 2.05) is 24.3 Å². The van der Waals surface area contributed by atoms with Gasteiger partial charge in [-0.15, -0.1) is 0 Å². The van der Waals surface area contributed by atoms with Crippen LogP contribution in [-0.2, 0) is 40.0 Å². The van der Waals surface area contributed by atoms with Crippen LogP contribution in [0, 0.1) is 0 Å². The number of hydrogen-bond donors (Lipinski definition) is 3. The van der Waals surface area contributed by atoms with Crippen molar-refractivity contribution in [3.63, 3.8) is 0 Å². The Morgan fingerprint density at radius 1 is 1.11 bits per heavy atom. The number of unbranched alkanes of at least 4 members (excludes halogenated alkanes) is 1. The van der Waals surface area contributed by atoms with Gasteiger partial charge in [0.15, 0.2) is 0 Å². The highest BCUT2D eigenvalue weighted by Gasteiger charge is 2.27. The summed E-state index contributed by atoms with van der Waals surface area (Å²) in [7, 11) is 1.66. The van der Waals surface area contributed by atoms with Crippen molar-refractivity contribution in [3.05, 3.63) is 58.8 Å². The molecule has 0 radical (unpaired) electrons. The minimum absolute atomic E-state index is 0.263. The number of nitrogens with one attached hydrogen (secondary N) is 2. The molecule has 9 heteroatoms. The molecule has 3 N–H and O–H groups in total. The molecule has 1 aromatic carbocycles. The average Bonchev–Trinajstić information content (AvgIpc) is 3.33. The maximum absolute atomic E-state index is 12.5. The lowest BCUT2D eigenvalue weighted by molar-refractivity contribution is -0.139. The molecule has 38 heavy (non-hydrogen) atoms. The first-order chi connectivity index (χ1) is 18.5. The Hall–Kier alpha value is -3.17. The number of aromatic nitrogens is 1. The Labute approximate surface area is 224 Å². The number of carboxylic acid groups (broad SMARTS) is 1. The van der Waals surface area contributed by atoms with E-state index in [0.717, 1.165) is 56.7 Å². The number of carboxylic acids is 1. The number of anilines is 1. The number of pyridine rings is 1. The Balaban J connectivity index is 1.20. The molecular formula is C29H40N4O5. The van der Waals surface area contributed by atoms with Crippen LogP contribution in [0.15, 0.2) is 36.4 Å². The van der Waals surface area contributed by atoms with Crippen molar-refractivity contribution in [2.24, 2.45) is 0 Å². The van der Waals surface area contributed by atoms with Crippen molar-refractivity contribution in [1.29, 1.82) is 0 Å². The van der Waals surface area contributed by atoms with Gasteiger partial charge in [-0.2, -0.15) is 0 Å². The van der Waals surface area contributed by atoms with Crippen LogP contribution >= 0.6 is 0 Å². The van der Waals surface area contributed by atoms with Crippen molar-refractivity contribution in [1.82, 2.24) is 15.2 Å². The molecule has 2 aliphatic rings. The third-order valence-corrected chi connectivity index (χ3v) is 7.33. The topological polar surface area (TPSA) is 113 Å². The van der Waals surface area contributed by atoms with Gasteiger partial charge in [0.25, 0.3) is 0 Å². The number of ether oxygens (including phenoxy) is 2. The van der Waals surface area contributed by atoms with Gasteiger partial charge < -0.3 is 30.1 Å². The van der Waals surface area contributed by atoms with E-state index in [1.165, 1.54) is 16.7 Å². The van der Waals surface area contributed by atoms with Crippen LogP contribution in [0.2, 0.25) is 0 Å². The fraction of sp³-hybridized carbons (Fsp3) is 0.552. The fourth-order valence-corrected chi connectivity index (χ4v) is 5.20. The first-order valence-corrected chi connectivity index (χ1v) is 13.7. The quantitative estimate of drug-likeness (QED) is 0.322. The number of benzene rings is 1. The smallest absolute Gasteiger partial charge is 0.408 e. The van der Waals surface area contributed by atoms with E-state index >= 15 is 0 Å². The second-order valence-corrected chi connectivity index (χ2v) is 10.2. The van der Waals surface area contributed by atoms with Crippen LogP contribution in [0.4, 0.5) is 10.6 Å². The second-order valence-electron chi connectivity index (χ2n) is 10.2. The largest absolute Gasteiger partial charge is 0.480 e. The van der Waals surface area contributed by atoms with Crippen LogP contribution in [0.3, 0.4) is 0 Å². The summed E-state index contributed by atoms with van der Waals surface area (Å²) in [5, 5.41) is 15.7. The molecule has 1 amide bonds. The number of hydrogen-bond acceptors (Lipinski definition) is 7. The maximum Gasteiger partial charge on any atom is 0.408 e. The molecule has 0 fully saturated rings. The van der Waals surface area contributed by atoms with E-state index in [1.54, 1.807) is 7.11 Å². The van der Waals surface area contributed by atoms with Crippen LogP contribution in [-0.4, -0.2) is 79.1 Å². The van der Waals surface area contributed by atoms with Crippen molar-refractivity contribution in [3.8, 4) is 0 Å². The number of nitrogens with zero attached hydrogens (tertiary/aromatic N) is 2. The van der Waals surface area contributed by atoms with E-state index in [-0.39, 0.29) is 12.5 Å². The summed E-state index contributed by atoms with van der Waals surface area (Å²) in [6.45, 7) is 3.61. The summed E-state index contributed by atoms with van der Waals surface area (Å²) in [4.78, 5) is 31.3. The lowest BCUT2D eigenvalue weighted by atomic mass is 10.1. The summed E-state index contributed by atoms with van der Waals surface area (Å²) in [5.74, 6) is -0.0332. The third-order valence-electron chi connectivity index (χ3n) is 7.33. The average molecular weight is 525 g/mol. The minimum Gasteiger partial charge on any atom is -0.480 e. The van der Waals surface area contributed by atoms with Crippen LogP contribution in [0.25, 0.3) is 0 Å². The Morgan fingerprint density at radius 2 is 1.89 bits per heavy atom. The van der Waals surface area contributed by atoms with Crippen molar-refractivity contribution >= 4 is 17.9 Å². The Bertz CT molecular complexity index is 1050. The summed E-state index contributed by atoms with van der Waals surface area (Å²) in [5.41, 5.74) is 4.74. The number of aryl methyl sites for hydroxylation is 2. The summed E-state index contributed by atoms with van der Waals surface area (Å²) in [6.07, 6.45) is 5.76. The highest BCUT2D eigenvalue weighted by atomic mass is 16.6. The summed E-state index contributed by atoms with van der Waals surface area (Å²) >= 11 is 0. The number of carbonyl (C=O) groups excluding carboxylic acids is 1. The second kappa shape index (κ2) is 14.1. The molecule has 1 unspecified atom stereocenters. The van der Waals surface area contributed by atoms with Crippen molar-refractivity contribution in [2.45, 2.75) is 63.5 Å². The van der Waals surface area contributed by atoms with Crippen molar-refractivity contribution < 1.29 is 24.2 Å². The number of rotatable bonds is 14. The molecule has 2 aromatic rings. The molecule has 4 rings (SSSR count). The van der Waals surface area contributed by atoms with E-state index < -0.39 is 18.1 Å². The number of aliphatic carboxylic acids is 1. The predicted molar refractivity (Wildman–Crippen MR) is 146 cm³/mol. The molecule has 1 atom stereocenters. The van der Waals surface area contributed by atoms with Gasteiger partial charge >= 0.3 is 12.1 Å². The van der Waals surface area contributed by atoms with Gasteiger partial charge in [0.05, 0.1) is 6.61 Å². The molecule has 206 valence electrons. The lowest BCUT2D eigenvalue weighted by Gasteiger charge is -2.24. The molecule has 0 spiro atoms. The molecule has 9 nitrogen and oxygen atoms in total. The zero-order valence-electron chi connectivity index (χ0n) is 22.3. The highest BCUT2D eigenvalue weighted by Crippen LogP contribution is 2.24. The molecule has 0 saturated heterocycles. The maximum atomic E-state index is 12.5. The number of alkyl carbamates (subject to hydrolysis) is 1. The summed E-state index contributed by atoms with van der Waals surface area (Å²) in [6, 6.07) is 11.3. The standard InChI is InChI=1S/C29H40N4O5/c1-37-18-17-33(15-5-4-10-24-12-11-21-9-6-14-30-27(21)31-24)16-13-26(28(34)35)32-29(36)38-25-19-22-7-2-3-8-23(22)20-25/h2-3,7-8,11-12,25-26H,4-6,9-10,13-20H2,1H3,(H,30,31)(H,32,36)(H,34,35). The number of carbonyl (C=O) groups is 2. The zero-order chi connectivity index (χ0) is 26.7. The van der Waals surface area contributed by atoms with Gasteiger partial charge in [0.1, 0.15) is 18.0 Å². The molecular weight excluding hydrogens is 484 g/mol. The Kier molecular flexibility index (Phi) is 10.3. The predicted octanol–water partition coefficient (Wildman–Crippen LogP) is 3.45. The first-order valence-electron chi connectivity index (χ1n) is 13.7. The van der Waals surface area contributed by atoms with E-state index in [4.69, 9.17) is 14.5 Å². The molecule has 1 aliphatic heterocycles. The Morgan fingerprint density at radius 3 is 2.63 bits per heavy atom. The molecule has 1 aromatic heterocycles. The molecule has 1 aliphatic carbocycles. The highest BCUT2D eigenvalue weighted by molar-refractivity contribution is 5.80. The van der Waals surface area contributed by atoms with E-state index in [0.29, 0.717) is 32.5 Å². The van der Waals surface area contributed by atoms with Crippen LogP contribution < -0.4 is 10.6 Å². The van der Waals surface area contributed by atoms with Gasteiger partial charge in [-0.1, -0.05) is 30.3 Å². The first kappa shape index (κ1) is 27.9. The normalized spacial score (nSPS) is 15.4. The summed E-state index contributed by atoms with van der Waals surface area (Å²) < 4.78 is 10.8. The van der Waals surface area contributed by atoms with Gasteiger partial charge in [-0.3, -0.25) is 0 Å². The van der Waals surface area contributed by atoms with E-state index in [9.17, 15) is 14.7 Å². The van der Waals surface area contributed by atoms with E-state index in [2.05, 4.69) is 27.7 Å². The zero-order valence-corrected chi connectivity index (χ0v) is 22.3. The lowest BCUT2D eigenvalue weighted by Crippen LogP contribution is -2.44. The minimum atomic E-state index is -1.06. The van der Waals surface area contributed by atoms with Gasteiger partial charge in [-0.25, -0.2) is 14.6 Å². The fourth-order valence-electron chi connectivity index (χ4n) is 5.20. The third kappa shape index (κ3) is 8.16. The van der Waals surface area contributed by atoms with Crippen molar-refractivity contribution in [2.75, 3.05) is 45.2 Å². The van der Waals surface area contributed by atoms with Gasteiger partial charge in [0, 0.05) is 45.3 Å². The number of amides is 1. The van der Waals surface area contributed by atoms with Gasteiger partial charge in [-0.05, 0) is 67.8 Å². The number of methoxy groups -OCH3 is 1. The SMILES string of the molecule is COCCN(CCCCc1ccc2c(n1)NCCC2)CCC(NC(=O)OC1Cc2ccccc2C1)C(=O)O. The molecule has 2 heterocycles. The van der Waals surface area contributed by atoms with Crippen LogP contribution in [0.1, 0.15) is 48.1 Å². The van der Waals surface area contributed by atoms with Gasteiger partial charge in [0.2, 0.25) is 0 Å². The van der Waals surface area contributed by atoms with Crippen LogP contribution in [0.5, 0.6) is 0 Å². The monoisotopic (exact) mass is 524 g/mol. The molecule has 0 bridgehead atoms. The molecule has 0 saturated carbocycles.